The van der Waals surface area contributed by atoms with Crippen LogP contribution in [0.2, 0.25) is 0 Å². The molecule has 0 amide bonds. The average molecular weight is 667 g/mol. The first-order valence-electron chi connectivity index (χ1n) is 17.8. The minimum absolute atomic E-state index is 0.573. The summed E-state index contributed by atoms with van der Waals surface area (Å²) in [6.45, 7) is 0. The molecule has 0 saturated carbocycles. The Morgan fingerprint density at radius 1 is 0.538 bits per heavy atom. The Kier molecular flexibility index (Phi) is 6.31. The Morgan fingerprint density at radius 3 is 2.15 bits per heavy atom. The molecule has 3 heterocycles. The number of rotatable bonds is 4. The molecule has 0 bridgehead atoms. The third-order valence-electron chi connectivity index (χ3n) is 10.5. The van der Waals surface area contributed by atoms with Crippen molar-refractivity contribution in [3.8, 4) is 39.9 Å². The average Bonchev–Trinajstić information content (AvgIpc) is 3.77. The van der Waals surface area contributed by atoms with Gasteiger partial charge in [-0.05, 0) is 65.8 Å². The van der Waals surface area contributed by atoms with Crippen LogP contribution in [0.25, 0.3) is 100 Å². The van der Waals surface area contributed by atoms with Gasteiger partial charge in [0.25, 0.3) is 0 Å². The third kappa shape index (κ3) is 4.39. The summed E-state index contributed by atoms with van der Waals surface area (Å²) in [6, 6.07) is 50.8. The molecule has 244 valence electrons. The Bertz CT molecular complexity index is 3060. The number of aromatic nitrogens is 4. The van der Waals surface area contributed by atoms with Gasteiger partial charge in [-0.15, -0.1) is 0 Å². The second kappa shape index (κ2) is 11.3. The van der Waals surface area contributed by atoms with Gasteiger partial charge >= 0.3 is 0 Å². The lowest BCUT2D eigenvalue weighted by atomic mass is 9.90. The van der Waals surface area contributed by atoms with E-state index in [1.807, 2.05) is 30.3 Å². The van der Waals surface area contributed by atoms with Crippen molar-refractivity contribution in [3.05, 3.63) is 163 Å². The first-order valence-corrected chi connectivity index (χ1v) is 17.8. The van der Waals surface area contributed by atoms with Crippen LogP contribution in [0.15, 0.2) is 156 Å². The van der Waals surface area contributed by atoms with Crippen molar-refractivity contribution in [2.75, 3.05) is 0 Å². The van der Waals surface area contributed by atoms with Crippen molar-refractivity contribution in [2.24, 2.45) is 0 Å². The summed E-state index contributed by atoms with van der Waals surface area (Å²) in [7, 11) is 0. The topological polar surface area (TPSA) is 56.7 Å². The molecule has 10 aromatic rings. The zero-order valence-corrected chi connectivity index (χ0v) is 28.1. The van der Waals surface area contributed by atoms with Crippen molar-refractivity contribution >= 4 is 60.6 Å². The highest BCUT2D eigenvalue weighted by molar-refractivity contribution is 6.22. The number of nitrogens with zero attached hydrogens (tertiary/aromatic N) is 4. The van der Waals surface area contributed by atoms with E-state index in [4.69, 9.17) is 19.4 Å². The molecule has 52 heavy (non-hydrogen) atoms. The standard InChI is InChI=1S/C47H30N4O/c1-3-13-31(14-4-1)45-48-46(32-24-26-36-35-18-9-10-21-39(35)51(40(36)28-32)33-15-5-2-6-16-33)50-47(49-45)38-20-11-19-37-43-41(52-44(37)38)27-25-30-23-22-29-12-7-8-17-34(29)42(30)43/h1-6,8-11,13-28H,7,12H2. The quantitative estimate of drug-likeness (QED) is 0.188. The van der Waals surface area contributed by atoms with E-state index in [0.29, 0.717) is 17.5 Å². The summed E-state index contributed by atoms with van der Waals surface area (Å²) in [5.74, 6) is 1.79. The smallest absolute Gasteiger partial charge is 0.167 e. The summed E-state index contributed by atoms with van der Waals surface area (Å²) >= 11 is 0. The highest BCUT2D eigenvalue weighted by atomic mass is 16.3. The molecule has 0 radical (unpaired) electrons. The molecule has 3 aromatic heterocycles. The SMILES string of the molecule is C1=Cc2c(ccc3ccc4oc5c(-c6nc(-c7ccccc7)nc(-c7ccc8c9ccccc9n(-c9ccccc9)c8c7)n6)cccc5c4c23)CC1. The fourth-order valence-corrected chi connectivity index (χ4v) is 8.11. The van der Waals surface area contributed by atoms with Gasteiger partial charge in [0.1, 0.15) is 11.2 Å². The van der Waals surface area contributed by atoms with Gasteiger partial charge in [-0.2, -0.15) is 0 Å². The fourth-order valence-electron chi connectivity index (χ4n) is 8.11. The molecule has 0 spiro atoms. The van der Waals surface area contributed by atoms with Gasteiger partial charge in [0.05, 0.1) is 16.6 Å². The van der Waals surface area contributed by atoms with Crippen molar-refractivity contribution < 1.29 is 4.42 Å². The number of aryl methyl sites for hydroxylation is 1. The summed E-state index contributed by atoms with van der Waals surface area (Å²) in [5.41, 5.74) is 10.3. The number of allylic oxidation sites excluding steroid dienone is 1. The van der Waals surface area contributed by atoms with Crippen molar-refractivity contribution in [1.29, 1.82) is 0 Å². The molecule has 11 rings (SSSR count). The van der Waals surface area contributed by atoms with Crippen LogP contribution in [0.4, 0.5) is 0 Å². The lowest BCUT2D eigenvalue weighted by Crippen LogP contribution is -2.00. The van der Waals surface area contributed by atoms with Gasteiger partial charge in [0, 0.05) is 43.7 Å². The molecule has 0 fully saturated rings. The highest BCUT2D eigenvalue weighted by Crippen LogP contribution is 2.42. The van der Waals surface area contributed by atoms with Crippen LogP contribution >= 0.6 is 0 Å². The minimum Gasteiger partial charge on any atom is -0.455 e. The maximum Gasteiger partial charge on any atom is 0.167 e. The molecule has 0 aliphatic heterocycles. The number of para-hydroxylation sites is 3. The number of hydrogen-bond donors (Lipinski definition) is 0. The van der Waals surface area contributed by atoms with Crippen LogP contribution in [-0.4, -0.2) is 19.5 Å². The summed E-state index contributed by atoms with van der Waals surface area (Å²) in [5, 5.41) is 7.03. The van der Waals surface area contributed by atoms with Crippen LogP contribution in [0, 0.1) is 0 Å². The van der Waals surface area contributed by atoms with Gasteiger partial charge in [-0.1, -0.05) is 121 Å². The molecular formula is C47H30N4O. The Morgan fingerprint density at radius 2 is 1.27 bits per heavy atom. The second-order valence-electron chi connectivity index (χ2n) is 13.5. The first kappa shape index (κ1) is 28.9. The summed E-state index contributed by atoms with van der Waals surface area (Å²) < 4.78 is 9.08. The van der Waals surface area contributed by atoms with E-state index in [0.717, 1.165) is 68.2 Å². The van der Waals surface area contributed by atoms with Crippen LogP contribution in [0.3, 0.4) is 0 Å². The van der Waals surface area contributed by atoms with Gasteiger partial charge in [-0.25, -0.2) is 15.0 Å². The molecule has 7 aromatic carbocycles. The molecular weight excluding hydrogens is 637 g/mol. The second-order valence-corrected chi connectivity index (χ2v) is 13.5. The Labute approximate surface area is 299 Å². The maximum atomic E-state index is 6.76. The molecule has 1 aliphatic rings. The van der Waals surface area contributed by atoms with E-state index in [2.05, 4.69) is 132 Å². The van der Waals surface area contributed by atoms with Crippen molar-refractivity contribution in [2.45, 2.75) is 12.8 Å². The first-order chi connectivity index (χ1) is 25.8. The van der Waals surface area contributed by atoms with E-state index >= 15 is 0 Å². The van der Waals surface area contributed by atoms with Gasteiger partial charge in [0.15, 0.2) is 17.5 Å². The van der Waals surface area contributed by atoms with Crippen LogP contribution in [0.5, 0.6) is 0 Å². The van der Waals surface area contributed by atoms with Crippen molar-refractivity contribution in [1.82, 2.24) is 19.5 Å². The van der Waals surface area contributed by atoms with Crippen LogP contribution in [-0.2, 0) is 6.42 Å². The lowest BCUT2D eigenvalue weighted by Gasteiger charge is -2.14. The number of hydrogen-bond acceptors (Lipinski definition) is 4. The largest absolute Gasteiger partial charge is 0.455 e. The summed E-state index contributed by atoms with van der Waals surface area (Å²) in [6.07, 6.45) is 6.68. The monoisotopic (exact) mass is 666 g/mol. The fraction of sp³-hybridized carbons (Fsp3) is 0.0426. The van der Waals surface area contributed by atoms with Gasteiger partial charge in [0.2, 0.25) is 0 Å². The number of furan rings is 1. The molecule has 5 heteroatoms. The molecule has 0 atom stereocenters. The van der Waals surface area contributed by atoms with Gasteiger partial charge in [-0.3, -0.25) is 0 Å². The predicted octanol–water partition coefficient (Wildman–Crippen LogP) is 12.0. The number of fused-ring (bicyclic) bond motifs is 10. The maximum absolute atomic E-state index is 6.76. The molecule has 5 nitrogen and oxygen atoms in total. The van der Waals surface area contributed by atoms with E-state index in [1.165, 1.54) is 32.7 Å². The normalized spacial score (nSPS) is 12.8. The zero-order chi connectivity index (χ0) is 34.2. The molecule has 0 N–H and O–H groups in total. The molecule has 0 unspecified atom stereocenters. The number of benzene rings is 7. The minimum atomic E-state index is 0.573. The predicted molar refractivity (Wildman–Crippen MR) is 213 cm³/mol. The highest BCUT2D eigenvalue weighted by Gasteiger charge is 2.21. The van der Waals surface area contributed by atoms with Crippen LogP contribution in [0.1, 0.15) is 17.5 Å². The van der Waals surface area contributed by atoms with E-state index in [9.17, 15) is 0 Å². The van der Waals surface area contributed by atoms with Crippen LogP contribution < -0.4 is 0 Å². The van der Waals surface area contributed by atoms with Crippen molar-refractivity contribution in [3.63, 3.8) is 0 Å². The third-order valence-corrected chi connectivity index (χ3v) is 10.5. The van der Waals surface area contributed by atoms with E-state index < -0.39 is 0 Å². The Hall–Kier alpha value is -6.85. The Balaban J connectivity index is 1.16. The zero-order valence-electron chi connectivity index (χ0n) is 28.1. The van der Waals surface area contributed by atoms with E-state index in [1.54, 1.807) is 0 Å². The van der Waals surface area contributed by atoms with Gasteiger partial charge < -0.3 is 8.98 Å². The molecule has 0 saturated heterocycles. The van der Waals surface area contributed by atoms with E-state index in [-0.39, 0.29) is 0 Å². The lowest BCUT2D eigenvalue weighted by molar-refractivity contribution is 0.670. The molecule has 1 aliphatic carbocycles. The summed E-state index contributed by atoms with van der Waals surface area (Å²) in [4.78, 5) is 15.4.